The molecule has 1 aromatic heterocycles. The zero-order valence-electron chi connectivity index (χ0n) is 14.0. The van der Waals surface area contributed by atoms with E-state index in [1.54, 1.807) is 0 Å². The molecule has 0 aliphatic heterocycles. The third kappa shape index (κ3) is 5.24. The minimum absolute atomic E-state index is 1.00. The highest BCUT2D eigenvalue weighted by Crippen LogP contribution is 2.30. The number of rotatable bonds is 2. The maximum Gasteiger partial charge on any atom is 0.0709 e. The van der Waals surface area contributed by atoms with Gasteiger partial charge in [-0.05, 0) is 29.3 Å². The Morgan fingerprint density at radius 2 is 1.30 bits per heavy atom. The topological polar surface area (TPSA) is 12.9 Å². The highest BCUT2D eigenvalue weighted by atomic mass is 79.9. The van der Waals surface area contributed by atoms with Gasteiger partial charge in [-0.1, -0.05) is 82.7 Å². The molecule has 1 heterocycles. The number of hydrogen-bond donors (Lipinski definition) is 0. The van der Waals surface area contributed by atoms with Gasteiger partial charge in [0, 0.05) is 55.6 Å². The summed E-state index contributed by atoms with van der Waals surface area (Å²) in [7, 11) is 2.34. The van der Waals surface area contributed by atoms with Crippen LogP contribution in [-0.2, 0) is 40.1 Å². The first kappa shape index (κ1) is 20.2. The van der Waals surface area contributed by atoms with E-state index in [1.807, 2.05) is 24.3 Å². The van der Waals surface area contributed by atoms with Gasteiger partial charge < -0.3 is 0 Å². The predicted molar refractivity (Wildman–Crippen MR) is 130 cm³/mol. The van der Waals surface area contributed by atoms with E-state index >= 15 is 0 Å². The summed E-state index contributed by atoms with van der Waals surface area (Å²) in [6.07, 6.45) is 0. The van der Waals surface area contributed by atoms with Gasteiger partial charge >= 0.3 is 0 Å². The second kappa shape index (κ2) is 10.1. The van der Waals surface area contributed by atoms with Crippen LogP contribution in [0.2, 0.25) is 0 Å². The van der Waals surface area contributed by atoms with Gasteiger partial charge in [0.25, 0.3) is 0 Å². The minimum Gasteiger partial charge on any atom is -0.248 e. The SMILES string of the molecule is Brc1ccccc1-c1ccc(-c2ccc3ccccc3n2)cc1.S=S=S=S. The van der Waals surface area contributed by atoms with Gasteiger partial charge in [0.15, 0.2) is 0 Å². The molecule has 0 aliphatic carbocycles. The van der Waals surface area contributed by atoms with Crippen LogP contribution in [-0.4, -0.2) is 4.98 Å². The first-order valence-electron chi connectivity index (χ1n) is 8.02. The van der Waals surface area contributed by atoms with E-state index in [0.29, 0.717) is 0 Å². The molecular weight excluding hydrogens is 474 g/mol. The fourth-order valence-electron chi connectivity index (χ4n) is 2.74. The zero-order valence-corrected chi connectivity index (χ0v) is 18.9. The Kier molecular flexibility index (Phi) is 7.55. The number of hydrogen-bond acceptors (Lipinski definition) is 3. The van der Waals surface area contributed by atoms with E-state index in [9.17, 15) is 0 Å². The van der Waals surface area contributed by atoms with Crippen LogP contribution in [0.3, 0.4) is 0 Å². The van der Waals surface area contributed by atoms with Gasteiger partial charge in [0.2, 0.25) is 0 Å². The summed E-state index contributed by atoms with van der Waals surface area (Å²) < 4.78 is 1.11. The lowest BCUT2D eigenvalue weighted by atomic mass is 10.0. The number of para-hydroxylation sites is 1. The van der Waals surface area contributed by atoms with E-state index in [0.717, 1.165) is 21.2 Å². The second-order valence-electron chi connectivity index (χ2n) is 5.58. The standard InChI is InChI=1S/C21H14BrN.S4/c22-19-7-3-2-6-18(19)15-9-11-17(12-10-15)21-14-13-16-5-1-4-8-20(16)23-21;1-3-4-2/h1-14H;. The average Bonchev–Trinajstić information content (AvgIpc) is 2.74. The van der Waals surface area contributed by atoms with E-state index < -0.39 is 0 Å². The number of aromatic nitrogens is 1. The molecule has 0 saturated heterocycles. The van der Waals surface area contributed by atoms with Gasteiger partial charge in [-0.2, -0.15) is 0 Å². The summed E-state index contributed by atoms with van der Waals surface area (Å²) in [4.78, 5) is 4.76. The third-order valence-electron chi connectivity index (χ3n) is 3.99. The van der Waals surface area contributed by atoms with Crippen molar-refractivity contribution in [3.8, 4) is 22.4 Å². The van der Waals surface area contributed by atoms with Crippen molar-refractivity contribution in [3.63, 3.8) is 0 Å². The number of pyridine rings is 1. The van der Waals surface area contributed by atoms with Crippen molar-refractivity contribution >= 4 is 67.0 Å². The Morgan fingerprint density at radius 1 is 0.667 bits per heavy atom. The highest BCUT2D eigenvalue weighted by molar-refractivity contribution is 9.10. The van der Waals surface area contributed by atoms with Crippen molar-refractivity contribution in [1.82, 2.24) is 4.98 Å². The molecule has 3 aromatic carbocycles. The van der Waals surface area contributed by atoms with Crippen molar-refractivity contribution in [2.24, 2.45) is 0 Å². The van der Waals surface area contributed by atoms with Crippen LogP contribution in [0.1, 0.15) is 0 Å². The monoisotopic (exact) mass is 487 g/mol. The van der Waals surface area contributed by atoms with Gasteiger partial charge in [-0.3, -0.25) is 0 Å². The van der Waals surface area contributed by atoms with Crippen molar-refractivity contribution in [2.45, 2.75) is 0 Å². The van der Waals surface area contributed by atoms with E-state index in [2.05, 4.69) is 99.0 Å². The Hall–Kier alpha value is -1.57. The van der Waals surface area contributed by atoms with Crippen molar-refractivity contribution in [2.75, 3.05) is 0 Å². The normalized spacial score (nSPS) is 9.96. The van der Waals surface area contributed by atoms with Crippen LogP contribution in [0, 0.1) is 0 Å². The van der Waals surface area contributed by atoms with E-state index in [4.69, 9.17) is 4.98 Å². The third-order valence-corrected chi connectivity index (χ3v) is 6.91. The molecule has 0 aliphatic rings. The lowest BCUT2D eigenvalue weighted by Gasteiger charge is -2.07. The summed E-state index contributed by atoms with van der Waals surface area (Å²) >= 11 is 12.3. The van der Waals surface area contributed by atoms with Crippen molar-refractivity contribution in [1.29, 1.82) is 0 Å². The molecule has 1 nitrogen and oxygen atoms in total. The summed E-state index contributed by atoms with van der Waals surface area (Å²) in [6, 6.07) is 29.2. The Bertz CT molecular complexity index is 1140. The molecule has 134 valence electrons. The maximum atomic E-state index is 4.76. The zero-order chi connectivity index (χ0) is 19.1. The fraction of sp³-hybridized carbons (Fsp3) is 0. The fourth-order valence-corrected chi connectivity index (χ4v) is 3.26. The molecule has 0 fully saturated rings. The van der Waals surface area contributed by atoms with Crippen LogP contribution in [0.25, 0.3) is 33.3 Å². The number of nitrogens with zero attached hydrogens (tertiary/aromatic N) is 1. The predicted octanol–water partition coefficient (Wildman–Crippen LogP) is 6.32. The number of fused-ring (bicyclic) bond motifs is 1. The average molecular weight is 489 g/mol. The number of benzene rings is 3. The molecule has 0 spiro atoms. The molecule has 0 bridgehead atoms. The summed E-state index contributed by atoms with van der Waals surface area (Å²) in [6.45, 7) is 0. The first-order chi connectivity index (χ1) is 13.2. The number of halogens is 1. The van der Waals surface area contributed by atoms with Crippen LogP contribution in [0.5, 0.6) is 0 Å². The lowest BCUT2D eigenvalue weighted by molar-refractivity contribution is 1.40. The maximum absolute atomic E-state index is 4.76. The summed E-state index contributed by atoms with van der Waals surface area (Å²) in [5.41, 5.74) is 5.56. The molecule has 0 saturated carbocycles. The molecular formula is C21H14BrNS4. The smallest absolute Gasteiger partial charge is 0.0709 e. The molecule has 4 rings (SSSR count). The molecule has 0 amide bonds. The van der Waals surface area contributed by atoms with Gasteiger partial charge in [0.05, 0.1) is 11.2 Å². The van der Waals surface area contributed by atoms with Crippen LogP contribution in [0.15, 0.2) is 89.4 Å². The first-order valence-corrected chi connectivity index (χ1v) is 12.8. The van der Waals surface area contributed by atoms with Crippen molar-refractivity contribution < 1.29 is 0 Å². The summed E-state index contributed by atoms with van der Waals surface area (Å²) in [5, 5.41) is 1.17. The van der Waals surface area contributed by atoms with E-state index in [-0.39, 0.29) is 0 Å². The molecule has 4 aromatic rings. The van der Waals surface area contributed by atoms with Gasteiger partial charge in [-0.15, -0.1) is 0 Å². The van der Waals surface area contributed by atoms with Crippen LogP contribution < -0.4 is 0 Å². The van der Waals surface area contributed by atoms with Crippen LogP contribution in [0.4, 0.5) is 0 Å². The van der Waals surface area contributed by atoms with E-state index in [1.165, 1.54) is 34.3 Å². The van der Waals surface area contributed by atoms with Gasteiger partial charge in [0.1, 0.15) is 0 Å². The molecule has 0 atom stereocenters. The molecule has 27 heavy (non-hydrogen) atoms. The van der Waals surface area contributed by atoms with Gasteiger partial charge in [-0.25, -0.2) is 4.98 Å². The quantitative estimate of drug-likeness (QED) is 0.328. The van der Waals surface area contributed by atoms with Crippen LogP contribution >= 0.6 is 15.9 Å². The second-order valence-corrected chi connectivity index (χ2v) is 9.97. The largest absolute Gasteiger partial charge is 0.248 e. The van der Waals surface area contributed by atoms with Crippen molar-refractivity contribution in [3.05, 3.63) is 89.4 Å². The molecule has 6 heteroatoms. The Morgan fingerprint density at radius 3 is 2.00 bits per heavy atom. The Labute approximate surface area is 182 Å². The molecule has 0 N–H and O–H groups in total. The Balaban J connectivity index is 0.000000481. The molecule has 0 unspecified atom stereocenters. The molecule has 0 radical (unpaired) electrons. The lowest BCUT2D eigenvalue weighted by Crippen LogP contribution is -1.86. The minimum atomic E-state index is 1.00. The summed E-state index contributed by atoms with van der Waals surface area (Å²) in [5.74, 6) is 0. The highest BCUT2D eigenvalue weighted by Gasteiger charge is 2.04.